The molecule has 0 rings (SSSR count). The van der Waals surface area contributed by atoms with Gasteiger partial charge in [0.1, 0.15) is 0 Å². The number of carbonyl (C=O) groups excluding carboxylic acids is 1. The fourth-order valence-corrected chi connectivity index (χ4v) is 0.968. The third kappa shape index (κ3) is 2.66. The van der Waals surface area contributed by atoms with Gasteiger partial charge in [-0.15, -0.1) is 0 Å². The monoisotopic (exact) mass is 171 g/mol. The molecule has 1 amide bonds. The molecule has 0 saturated carbocycles. The molecule has 0 bridgehead atoms. The van der Waals surface area contributed by atoms with Crippen molar-refractivity contribution in [2.75, 3.05) is 14.2 Å². The lowest BCUT2D eigenvalue weighted by atomic mass is 10.0. The second-order valence-corrected chi connectivity index (χ2v) is 2.88. The summed E-state index contributed by atoms with van der Waals surface area (Å²) in [6.07, 6.45) is 1.82. The molecule has 0 aromatic carbocycles. The topological polar surface area (TPSA) is 29.5 Å². The van der Waals surface area contributed by atoms with Crippen molar-refractivity contribution in [1.29, 1.82) is 0 Å². The van der Waals surface area contributed by atoms with Crippen molar-refractivity contribution >= 4 is 5.91 Å². The van der Waals surface area contributed by atoms with Crippen molar-refractivity contribution in [2.45, 2.75) is 20.8 Å². The first-order valence-electron chi connectivity index (χ1n) is 4.03. The normalized spacial score (nSPS) is 12.0. The molecule has 12 heavy (non-hydrogen) atoms. The smallest absolute Gasteiger partial charge is 0.272 e. The summed E-state index contributed by atoms with van der Waals surface area (Å²) >= 11 is 0. The van der Waals surface area contributed by atoms with Gasteiger partial charge in [-0.2, -0.15) is 0 Å². The van der Waals surface area contributed by atoms with E-state index in [1.165, 1.54) is 12.2 Å². The molecule has 0 aliphatic rings. The molecule has 0 saturated heterocycles. The molecule has 0 spiro atoms. The number of hydrogen-bond acceptors (Lipinski definition) is 2. The van der Waals surface area contributed by atoms with E-state index in [0.717, 1.165) is 5.57 Å². The highest BCUT2D eigenvalue weighted by Gasteiger charge is 2.16. The van der Waals surface area contributed by atoms with E-state index in [4.69, 9.17) is 4.84 Å². The minimum Gasteiger partial charge on any atom is -0.274 e. The third-order valence-corrected chi connectivity index (χ3v) is 1.74. The Balaban J connectivity index is 4.45. The van der Waals surface area contributed by atoms with Crippen LogP contribution in [0.2, 0.25) is 0 Å². The summed E-state index contributed by atoms with van der Waals surface area (Å²) in [4.78, 5) is 16.3. The molecule has 0 aromatic heterocycles. The van der Waals surface area contributed by atoms with Gasteiger partial charge in [-0.1, -0.05) is 19.9 Å². The van der Waals surface area contributed by atoms with Crippen molar-refractivity contribution in [2.24, 2.45) is 5.92 Å². The van der Waals surface area contributed by atoms with Crippen LogP contribution in [0.25, 0.3) is 0 Å². The Hall–Kier alpha value is -0.830. The fraction of sp³-hybridized carbons (Fsp3) is 0.667. The maximum absolute atomic E-state index is 11.5. The van der Waals surface area contributed by atoms with Gasteiger partial charge in [0, 0.05) is 12.6 Å². The lowest BCUT2D eigenvalue weighted by molar-refractivity contribution is -0.164. The molecule has 0 aliphatic carbocycles. The zero-order valence-electron chi connectivity index (χ0n) is 8.42. The predicted molar refractivity (Wildman–Crippen MR) is 48.4 cm³/mol. The van der Waals surface area contributed by atoms with Gasteiger partial charge in [0.2, 0.25) is 0 Å². The van der Waals surface area contributed by atoms with Crippen molar-refractivity contribution in [1.82, 2.24) is 5.06 Å². The van der Waals surface area contributed by atoms with Gasteiger partial charge in [-0.05, 0) is 12.8 Å². The van der Waals surface area contributed by atoms with E-state index in [1.807, 2.05) is 26.8 Å². The summed E-state index contributed by atoms with van der Waals surface area (Å²) in [5.74, 6) is 0.162. The van der Waals surface area contributed by atoms with E-state index in [-0.39, 0.29) is 11.8 Å². The number of carbonyl (C=O) groups is 1. The fourth-order valence-electron chi connectivity index (χ4n) is 0.968. The Morgan fingerprint density at radius 1 is 1.50 bits per heavy atom. The van der Waals surface area contributed by atoms with Gasteiger partial charge < -0.3 is 0 Å². The van der Waals surface area contributed by atoms with Gasteiger partial charge in [0.15, 0.2) is 0 Å². The molecule has 0 N–H and O–H groups in total. The van der Waals surface area contributed by atoms with Crippen LogP contribution in [0.15, 0.2) is 11.6 Å². The SMILES string of the molecule is C/C=C(/C(=O)N(C)OC)C(C)C. The third-order valence-electron chi connectivity index (χ3n) is 1.74. The number of amides is 1. The van der Waals surface area contributed by atoms with E-state index in [2.05, 4.69) is 0 Å². The molecular formula is C9H17NO2. The molecular weight excluding hydrogens is 154 g/mol. The average molecular weight is 171 g/mol. The van der Waals surface area contributed by atoms with E-state index in [9.17, 15) is 4.79 Å². The Bertz CT molecular complexity index is 185. The Morgan fingerprint density at radius 3 is 2.25 bits per heavy atom. The lowest BCUT2D eigenvalue weighted by Gasteiger charge is -2.17. The molecule has 0 radical (unpaired) electrons. The zero-order chi connectivity index (χ0) is 9.72. The molecule has 70 valence electrons. The molecule has 0 unspecified atom stereocenters. The van der Waals surface area contributed by atoms with Crippen molar-refractivity contribution in [3.8, 4) is 0 Å². The number of likely N-dealkylation sites (N-methyl/N-ethyl adjacent to an activating group) is 1. The maximum atomic E-state index is 11.5. The van der Waals surface area contributed by atoms with Crippen LogP contribution in [-0.2, 0) is 9.63 Å². The van der Waals surface area contributed by atoms with Crippen LogP contribution in [0.1, 0.15) is 20.8 Å². The largest absolute Gasteiger partial charge is 0.274 e. The number of hydroxylamine groups is 2. The highest BCUT2D eigenvalue weighted by molar-refractivity contribution is 5.92. The Labute approximate surface area is 74.0 Å². The minimum atomic E-state index is -0.0741. The van der Waals surface area contributed by atoms with Crippen LogP contribution >= 0.6 is 0 Å². The van der Waals surface area contributed by atoms with Crippen LogP contribution in [0.5, 0.6) is 0 Å². The quantitative estimate of drug-likeness (QED) is 0.477. The molecule has 0 atom stereocenters. The number of rotatable bonds is 3. The minimum absolute atomic E-state index is 0.0741. The van der Waals surface area contributed by atoms with E-state index in [1.54, 1.807) is 7.05 Å². The standard InChI is InChI=1S/C9H17NO2/c1-6-8(7(2)3)9(11)10(4)12-5/h6-7H,1-5H3/b8-6+. The van der Waals surface area contributed by atoms with Gasteiger partial charge in [0.25, 0.3) is 5.91 Å². The lowest BCUT2D eigenvalue weighted by Crippen LogP contribution is -2.28. The van der Waals surface area contributed by atoms with Crippen LogP contribution in [0.3, 0.4) is 0 Å². The summed E-state index contributed by atoms with van der Waals surface area (Å²) in [5.41, 5.74) is 0.777. The van der Waals surface area contributed by atoms with Crippen molar-refractivity contribution < 1.29 is 9.63 Å². The zero-order valence-corrected chi connectivity index (χ0v) is 8.42. The molecule has 0 aliphatic heterocycles. The average Bonchev–Trinajstić information content (AvgIpc) is 2.03. The summed E-state index contributed by atoms with van der Waals surface area (Å²) in [6.45, 7) is 5.82. The van der Waals surface area contributed by atoms with Crippen LogP contribution in [0.4, 0.5) is 0 Å². The number of nitrogens with zero attached hydrogens (tertiary/aromatic N) is 1. The van der Waals surface area contributed by atoms with Crippen LogP contribution in [0, 0.1) is 5.92 Å². The number of allylic oxidation sites excluding steroid dienone is 1. The summed E-state index contributed by atoms with van der Waals surface area (Å²) in [5, 5.41) is 1.23. The molecule has 3 nitrogen and oxygen atoms in total. The Morgan fingerprint density at radius 2 is 2.00 bits per heavy atom. The van der Waals surface area contributed by atoms with Gasteiger partial charge >= 0.3 is 0 Å². The summed E-state index contributed by atoms with van der Waals surface area (Å²) < 4.78 is 0. The molecule has 3 heteroatoms. The molecule has 0 aromatic rings. The predicted octanol–water partition coefficient (Wildman–Crippen LogP) is 1.61. The van der Waals surface area contributed by atoms with Gasteiger partial charge in [-0.25, -0.2) is 5.06 Å². The Kier molecular flexibility index (Phi) is 4.59. The first-order valence-corrected chi connectivity index (χ1v) is 4.03. The summed E-state index contributed by atoms with van der Waals surface area (Å²) in [7, 11) is 3.08. The number of hydrogen-bond donors (Lipinski definition) is 0. The van der Waals surface area contributed by atoms with Gasteiger partial charge in [-0.3, -0.25) is 9.63 Å². The van der Waals surface area contributed by atoms with E-state index < -0.39 is 0 Å². The van der Waals surface area contributed by atoms with Crippen molar-refractivity contribution in [3.63, 3.8) is 0 Å². The molecule has 0 heterocycles. The van der Waals surface area contributed by atoms with E-state index in [0.29, 0.717) is 0 Å². The van der Waals surface area contributed by atoms with Crippen LogP contribution in [-0.4, -0.2) is 25.1 Å². The van der Waals surface area contributed by atoms with Crippen LogP contribution < -0.4 is 0 Å². The first-order chi connectivity index (χ1) is 5.54. The van der Waals surface area contributed by atoms with E-state index >= 15 is 0 Å². The van der Waals surface area contributed by atoms with Crippen molar-refractivity contribution in [3.05, 3.63) is 11.6 Å². The second kappa shape index (κ2) is 4.93. The molecule has 0 fully saturated rings. The summed E-state index contributed by atoms with van der Waals surface area (Å²) in [6, 6.07) is 0. The highest BCUT2D eigenvalue weighted by Crippen LogP contribution is 2.11. The first kappa shape index (κ1) is 11.2. The highest BCUT2D eigenvalue weighted by atomic mass is 16.7. The second-order valence-electron chi connectivity index (χ2n) is 2.88. The maximum Gasteiger partial charge on any atom is 0.272 e. The van der Waals surface area contributed by atoms with Gasteiger partial charge in [0.05, 0.1) is 7.11 Å².